The van der Waals surface area contributed by atoms with Crippen molar-refractivity contribution in [3.05, 3.63) is 36.8 Å². The van der Waals surface area contributed by atoms with E-state index in [1.807, 2.05) is 31.2 Å². The Labute approximate surface area is 72.6 Å². The van der Waals surface area contributed by atoms with Gasteiger partial charge in [-0.25, -0.2) is 0 Å². The summed E-state index contributed by atoms with van der Waals surface area (Å²) in [6.07, 6.45) is 0.494. The number of carbonyl (C=O) groups excluding carboxylic acids is 1. The molecule has 0 bridgehead atoms. The first-order valence-electron chi connectivity index (χ1n) is 3.95. The van der Waals surface area contributed by atoms with Crippen LogP contribution in [-0.2, 0) is 4.79 Å². The SMILES string of the molecule is [CH2]c1ccccc1NC(=O)CC. The molecule has 0 unspecified atom stereocenters. The summed E-state index contributed by atoms with van der Waals surface area (Å²) in [6, 6.07) is 7.48. The first-order valence-corrected chi connectivity index (χ1v) is 3.95. The van der Waals surface area contributed by atoms with Crippen LogP contribution in [0.1, 0.15) is 18.9 Å². The van der Waals surface area contributed by atoms with Gasteiger partial charge in [0.2, 0.25) is 5.91 Å². The van der Waals surface area contributed by atoms with Gasteiger partial charge in [0.25, 0.3) is 0 Å². The molecule has 1 radical (unpaired) electrons. The molecule has 2 heteroatoms. The Hall–Kier alpha value is -1.31. The van der Waals surface area contributed by atoms with E-state index in [9.17, 15) is 4.79 Å². The van der Waals surface area contributed by atoms with Crippen LogP contribution in [0, 0.1) is 6.92 Å². The molecule has 0 aliphatic rings. The molecule has 2 nitrogen and oxygen atoms in total. The number of rotatable bonds is 2. The maximum atomic E-state index is 11.0. The molecule has 12 heavy (non-hydrogen) atoms. The second-order valence-electron chi connectivity index (χ2n) is 2.56. The molecule has 0 aliphatic heterocycles. The normalized spacial score (nSPS) is 9.50. The zero-order valence-corrected chi connectivity index (χ0v) is 7.13. The van der Waals surface area contributed by atoms with E-state index in [-0.39, 0.29) is 5.91 Å². The van der Waals surface area contributed by atoms with Gasteiger partial charge in [-0.05, 0) is 18.6 Å². The van der Waals surface area contributed by atoms with Gasteiger partial charge in [0, 0.05) is 12.1 Å². The number of hydrogen-bond acceptors (Lipinski definition) is 1. The zero-order valence-electron chi connectivity index (χ0n) is 7.13. The van der Waals surface area contributed by atoms with Crippen LogP contribution in [0.5, 0.6) is 0 Å². The first kappa shape index (κ1) is 8.78. The quantitative estimate of drug-likeness (QED) is 0.709. The monoisotopic (exact) mass is 162 g/mol. The van der Waals surface area contributed by atoms with E-state index in [0.29, 0.717) is 6.42 Å². The fourth-order valence-electron chi connectivity index (χ4n) is 0.881. The van der Waals surface area contributed by atoms with Crippen molar-refractivity contribution in [1.29, 1.82) is 0 Å². The van der Waals surface area contributed by atoms with Crippen LogP contribution in [0.25, 0.3) is 0 Å². The predicted octanol–water partition coefficient (Wildman–Crippen LogP) is 2.22. The Balaban J connectivity index is 2.75. The smallest absolute Gasteiger partial charge is 0.224 e. The van der Waals surface area contributed by atoms with Gasteiger partial charge >= 0.3 is 0 Å². The molecule has 0 saturated carbocycles. The molecule has 1 rings (SSSR count). The van der Waals surface area contributed by atoms with Crippen LogP contribution in [0.3, 0.4) is 0 Å². The number of para-hydroxylation sites is 1. The first-order chi connectivity index (χ1) is 5.74. The van der Waals surface area contributed by atoms with Crippen molar-refractivity contribution in [2.75, 3.05) is 5.32 Å². The lowest BCUT2D eigenvalue weighted by molar-refractivity contribution is -0.115. The number of benzene rings is 1. The summed E-state index contributed by atoms with van der Waals surface area (Å²) in [6.45, 7) is 5.61. The molecule has 1 aromatic carbocycles. The minimum atomic E-state index is 0.0195. The van der Waals surface area contributed by atoms with Gasteiger partial charge in [0.1, 0.15) is 0 Å². The van der Waals surface area contributed by atoms with E-state index in [4.69, 9.17) is 0 Å². The molecule has 0 fully saturated rings. The predicted molar refractivity (Wildman–Crippen MR) is 49.8 cm³/mol. The Bertz CT molecular complexity index is 281. The van der Waals surface area contributed by atoms with Crippen LogP contribution < -0.4 is 5.32 Å². The van der Waals surface area contributed by atoms with E-state index >= 15 is 0 Å². The van der Waals surface area contributed by atoms with Gasteiger partial charge in [-0.15, -0.1) is 0 Å². The topological polar surface area (TPSA) is 29.1 Å². The lowest BCUT2D eigenvalue weighted by Crippen LogP contribution is -2.10. The molecule has 1 amide bonds. The van der Waals surface area contributed by atoms with E-state index < -0.39 is 0 Å². The molecular weight excluding hydrogens is 150 g/mol. The van der Waals surface area contributed by atoms with E-state index in [1.54, 1.807) is 0 Å². The lowest BCUT2D eigenvalue weighted by Gasteiger charge is -2.05. The summed E-state index contributed by atoms with van der Waals surface area (Å²) in [7, 11) is 0. The van der Waals surface area contributed by atoms with Gasteiger partial charge in [-0.2, -0.15) is 0 Å². The summed E-state index contributed by atoms with van der Waals surface area (Å²) in [5.74, 6) is 0.0195. The highest BCUT2D eigenvalue weighted by atomic mass is 16.1. The van der Waals surface area contributed by atoms with Crippen LogP contribution in [0.2, 0.25) is 0 Å². The minimum Gasteiger partial charge on any atom is -0.326 e. The second kappa shape index (κ2) is 3.90. The van der Waals surface area contributed by atoms with Crippen molar-refractivity contribution in [3.63, 3.8) is 0 Å². The lowest BCUT2D eigenvalue weighted by atomic mass is 10.2. The average molecular weight is 162 g/mol. The third-order valence-corrected chi connectivity index (χ3v) is 1.61. The third kappa shape index (κ3) is 2.09. The second-order valence-corrected chi connectivity index (χ2v) is 2.56. The average Bonchev–Trinajstić information content (AvgIpc) is 2.09. The van der Waals surface area contributed by atoms with Gasteiger partial charge in [0.15, 0.2) is 0 Å². The van der Waals surface area contributed by atoms with Gasteiger partial charge in [-0.1, -0.05) is 25.1 Å². The summed E-state index contributed by atoms with van der Waals surface area (Å²) in [5.41, 5.74) is 1.64. The Morgan fingerprint density at radius 2 is 2.17 bits per heavy atom. The highest BCUT2D eigenvalue weighted by Gasteiger charge is 1.99. The van der Waals surface area contributed by atoms with E-state index in [2.05, 4.69) is 12.2 Å². The Kier molecular flexibility index (Phi) is 2.86. The molecule has 0 saturated heterocycles. The number of carbonyl (C=O) groups is 1. The van der Waals surface area contributed by atoms with Crippen LogP contribution in [-0.4, -0.2) is 5.91 Å². The summed E-state index contributed by atoms with van der Waals surface area (Å²) < 4.78 is 0. The third-order valence-electron chi connectivity index (χ3n) is 1.61. The molecule has 0 aliphatic carbocycles. The number of amides is 1. The number of nitrogens with one attached hydrogen (secondary N) is 1. The maximum Gasteiger partial charge on any atom is 0.224 e. The number of anilines is 1. The Morgan fingerprint density at radius 1 is 1.50 bits per heavy atom. The van der Waals surface area contributed by atoms with Crippen LogP contribution >= 0.6 is 0 Å². The van der Waals surface area contributed by atoms with E-state index in [0.717, 1.165) is 11.3 Å². The summed E-state index contributed by atoms with van der Waals surface area (Å²) in [5, 5.41) is 2.76. The van der Waals surface area contributed by atoms with Gasteiger partial charge in [-0.3, -0.25) is 4.79 Å². The molecule has 0 spiro atoms. The standard InChI is InChI=1S/C10H12NO/c1-3-10(12)11-9-7-5-4-6-8(9)2/h4-7H,2-3H2,1H3,(H,11,12). The minimum absolute atomic E-state index is 0.0195. The summed E-state index contributed by atoms with van der Waals surface area (Å²) >= 11 is 0. The molecule has 0 atom stereocenters. The van der Waals surface area contributed by atoms with Crippen LogP contribution in [0.4, 0.5) is 5.69 Å². The molecule has 63 valence electrons. The molecular formula is C10H12NO. The zero-order chi connectivity index (χ0) is 8.97. The summed E-state index contributed by atoms with van der Waals surface area (Å²) in [4.78, 5) is 11.0. The van der Waals surface area contributed by atoms with Gasteiger partial charge < -0.3 is 5.32 Å². The highest BCUT2D eigenvalue weighted by Crippen LogP contribution is 2.12. The highest BCUT2D eigenvalue weighted by molar-refractivity contribution is 5.91. The van der Waals surface area contributed by atoms with Crippen molar-refractivity contribution in [2.45, 2.75) is 13.3 Å². The van der Waals surface area contributed by atoms with Crippen molar-refractivity contribution >= 4 is 11.6 Å². The largest absolute Gasteiger partial charge is 0.326 e. The van der Waals surface area contributed by atoms with Crippen LogP contribution in [0.15, 0.2) is 24.3 Å². The van der Waals surface area contributed by atoms with Gasteiger partial charge in [0.05, 0.1) is 0 Å². The van der Waals surface area contributed by atoms with E-state index in [1.165, 1.54) is 0 Å². The fraction of sp³-hybridized carbons (Fsp3) is 0.200. The molecule has 1 aromatic rings. The molecule has 0 heterocycles. The Morgan fingerprint density at radius 3 is 2.75 bits per heavy atom. The molecule has 1 N–H and O–H groups in total. The van der Waals surface area contributed by atoms with Crippen molar-refractivity contribution in [3.8, 4) is 0 Å². The fourth-order valence-corrected chi connectivity index (χ4v) is 0.881. The number of hydrogen-bond donors (Lipinski definition) is 1. The maximum absolute atomic E-state index is 11.0. The van der Waals surface area contributed by atoms with Crippen molar-refractivity contribution in [1.82, 2.24) is 0 Å². The van der Waals surface area contributed by atoms with Crippen molar-refractivity contribution in [2.24, 2.45) is 0 Å². The van der Waals surface area contributed by atoms with Crippen molar-refractivity contribution < 1.29 is 4.79 Å². The molecule has 0 aromatic heterocycles.